The Morgan fingerprint density at radius 3 is 2.56 bits per heavy atom. The molecule has 1 aromatic heterocycles. The largest absolute Gasteiger partial charge is 0.488 e. The lowest BCUT2D eigenvalue weighted by molar-refractivity contribution is 0.0938. The summed E-state index contributed by atoms with van der Waals surface area (Å²) in [7, 11) is 0. The minimum Gasteiger partial charge on any atom is -0.488 e. The number of carbonyl (C=O) groups is 1. The molecular formula is C26H33N3O3. The van der Waals surface area contributed by atoms with Crippen LogP contribution in [0.4, 0.5) is 0 Å². The Kier molecular flexibility index (Phi) is 7.10. The molecule has 4 rings (SSSR count). The zero-order valence-corrected chi connectivity index (χ0v) is 19.3. The molecule has 2 heterocycles. The van der Waals surface area contributed by atoms with Crippen LogP contribution in [-0.4, -0.2) is 42.1 Å². The molecule has 0 aliphatic carbocycles. The number of aromatic nitrogens is 1. The Hall–Kier alpha value is -2.86. The Morgan fingerprint density at radius 2 is 1.88 bits per heavy atom. The third-order valence-electron chi connectivity index (χ3n) is 6.28. The fraction of sp³-hybridized carbons (Fsp3) is 0.462. The van der Waals surface area contributed by atoms with Gasteiger partial charge in [0.25, 0.3) is 5.91 Å². The van der Waals surface area contributed by atoms with E-state index in [2.05, 4.69) is 22.3 Å². The van der Waals surface area contributed by atoms with Crippen molar-refractivity contribution < 1.29 is 14.1 Å². The van der Waals surface area contributed by atoms with E-state index in [1.807, 2.05) is 50.2 Å². The molecule has 1 aliphatic heterocycles. The highest BCUT2D eigenvalue weighted by Gasteiger charge is 2.18. The van der Waals surface area contributed by atoms with Crippen molar-refractivity contribution in [2.24, 2.45) is 5.92 Å². The van der Waals surface area contributed by atoms with Crippen molar-refractivity contribution in [2.75, 3.05) is 26.2 Å². The zero-order valence-electron chi connectivity index (χ0n) is 19.3. The van der Waals surface area contributed by atoms with Gasteiger partial charge in [-0.15, -0.1) is 0 Å². The van der Waals surface area contributed by atoms with Gasteiger partial charge in [-0.3, -0.25) is 4.79 Å². The van der Waals surface area contributed by atoms with Gasteiger partial charge in [0, 0.05) is 13.1 Å². The van der Waals surface area contributed by atoms with Gasteiger partial charge >= 0.3 is 0 Å². The van der Waals surface area contributed by atoms with Crippen molar-refractivity contribution in [3.8, 4) is 5.75 Å². The van der Waals surface area contributed by atoms with Crippen molar-refractivity contribution >= 4 is 16.7 Å². The normalized spacial score (nSPS) is 15.6. The Balaban J connectivity index is 1.48. The minimum atomic E-state index is -0.102. The van der Waals surface area contributed by atoms with Crippen LogP contribution in [0.5, 0.6) is 5.75 Å². The predicted octanol–water partition coefficient (Wildman–Crippen LogP) is 4.88. The summed E-state index contributed by atoms with van der Waals surface area (Å²) in [5.41, 5.74) is 2.28. The summed E-state index contributed by atoms with van der Waals surface area (Å²) in [4.78, 5) is 15.7. The van der Waals surface area contributed by atoms with E-state index in [1.54, 1.807) is 0 Å². The summed E-state index contributed by atoms with van der Waals surface area (Å²) >= 11 is 0. The number of amides is 1. The molecule has 1 unspecified atom stereocenters. The van der Waals surface area contributed by atoms with Crippen LogP contribution in [0.25, 0.3) is 10.8 Å². The molecule has 170 valence electrons. The fourth-order valence-electron chi connectivity index (χ4n) is 4.38. The van der Waals surface area contributed by atoms with Crippen molar-refractivity contribution in [1.29, 1.82) is 0 Å². The van der Waals surface area contributed by atoms with Gasteiger partial charge in [-0.25, -0.2) is 0 Å². The number of nitrogens with one attached hydrogen (secondary N) is 1. The molecule has 1 fully saturated rings. The van der Waals surface area contributed by atoms with E-state index in [0.717, 1.165) is 34.3 Å². The Morgan fingerprint density at radius 1 is 1.16 bits per heavy atom. The lowest BCUT2D eigenvalue weighted by Crippen LogP contribution is -2.38. The molecule has 1 aliphatic rings. The number of benzene rings is 2. The van der Waals surface area contributed by atoms with Gasteiger partial charge in [0.05, 0.1) is 16.8 Å². The number of nitrogens with zero attached hydrogens (tertiary/aromatic N) is 2. The maximum atomic E-state index is 13.2. The highest BCUT2D eigenvalue weighted by molar-refractivity contribution is 6.01. The van der Waals surface area contributed by atoms with Crippen LogP contribution in [0.15, 0.2) is 40.9 Å². The quantitative estimate of drug-likeness (QED) is 0.546. The molecule has 0 radical (unpaired) electrons. The second kappa shape index (κ2) is 10.2. The number of rotatable bonds is 8. The highest BCUT2D eigenvalue weighted by atomic mass is 16.5. The molecule has 3 aromatic rings. The molecule has 1 atom stereocenters. The summed E-state index contributed by atoms with van der Waals surface area (Å²) in [6.07, 6.45) is 3.89. The second-order valence-electron chi connectivity index (χ2n) is 8.96. The number of piperidine rings is 1. The van der Waals surface area contributed by atoms with E-state index < -0.39 is 0 Å². The Labute approximate surface area is 189 Å². The molecule has 1 amide bonds. The van der Waals surface area contributed by atoms with Crippen molar-refractivity contribution in [3.05, 3.63) is 59.0 Å². The van der Waals surface area contributed by atoms with Gasteiger partial charge in [-0.1, -0.05) is 42.8 Å². The summed E-state index contributed by atoms with van der Waals surface area (Å²) in [6, 6.07) is 11.9. The van der Waals surface area contributed by atoms with Crippen LogP contribution in [0.2, 0.25) is 0 Å². The number of aryl methyl sites for hydroxylation is 2. The molecule has 32 heavy (non-hydrogen) atoms. The van der Waals surface area contributed by atoms with Crippen molar-refractivity contribution in [3.63, 3.8) is 0 Å². The van der Waals surface area contributed by atoms with Crippen molar-refractivity contribution in [1.82, 2.24) is 15.4 Å². The van der Waals surface area contributed by atoms with E-state index in [0.29, 0.717) is 30.4 Å². The van der Waals surface area contributed by atoms with Crippen LogP contribution >= 0.6 is 0 Å². The minimum absolute atomic E-state index is 0.102. The molecule has 6 nitrogen and oxygen atoms in total. The van der Waals surface area contributed by atoms with Crippen LogP contribution < -0.4 is 10.1 Å². The summed E-state index contributed by atoms with van der Waals surface area (Å²) in [6.45, 7) is 10.3. The van der Waals surface area contributed by atoms with Gasteiger partial charge in [0.2, 0.25) is 0 Å². The smallest absolute Gasteiger partial charge is 0.255 e. The number of hydrogen-bond donors (Lipinski definition) is 1. The van der Waals surface area contributed by atoms with Gasteiger partial charge in [-0.05, 0) is 68.6 Å². The molecular weight excluding hydrogens is 402 g/mol. The second-order valence-corrected chi connectivity index (χ2v) is 8.96. The third kappa shape index (κ3) is 5.30. The molecule has 0 saturated carbocycles. The summed E-state index contributed by atoms with van der Waals surface area (Å²) in [5.74, 6) is 1.60. The number of ether oxygens (including phenoxy) is 1. The van der Waals surface area contributed by atoms with Gasteiger partial charge < -0.3 is 19.5 Å². The van der Waals surface area contributed by atoms with E-state index >= 15 is 0 Å². The molecule has 1 N–H and O–H groups in total. The first-order valence-corrected chi connectivity index (χ1v) is 11.6. The van der Waals surface area contributed by atoms with Crippen LogP contribution in [0.1, 0.15) is 53.6 Å². The van der Waals surface area contributed by atoms with Crippen LogP contribution in [0.3, 0.4) is 0 Å². The van der Waals surface area contributed by atoms with E-state index in [1.165, 1.54) is 32.4 Å². The Bertz CT molecular complexity index is 1050. The molecule has 6 heteroatoms. The van der Waals surface area contributed by atoms with E-state index in [9.17, 15) is 4.79 Å². The number of likely N-dealkylation sites (tertiary alicyclic amines) is 1. The number of carbonyl (C=O) groups excluding carboxylic acids is 1. The maximum absolute atomic E-state index is 13.2. The molecule has 2 aromatic carbocycles. The van der Waals surface area contributed by atoms with E-state index in [-0.39, 0.29) is 5.91 Å². The van der Waals surface area contributed by atoms with E-state index in [4.69, 9.17) is 9.26 Å². The molecule has 0 bridgehead atoms. The summed E-state index contributed by atoms with van der Waals surface area (Å²) in [5, 5.41) is 9.18. The summed E-state index contributed by atoms with van der Waals surface area (Å²) < 4.78 is 11.4. The lowest BCUT2D eigenvalue weighted by atomic mass is 10.0. The standard InChI is InChI=1S/C26H33N3O3/c1-18(16-29-11-7-4-8-12-29)15-27-26(30)23-13-21-9-5-6-10-22(21)14-25(23)31-17-24-19(2)28-32-20(24)3/h5-6,9-10,13-14,18H,4,7-8,11-12,15-17H2,1-3H3,(H,27,30). The average Bonchev–Trinajstić information content (AvgIpc) is 3.13. The zero-order chi connectivity index (χ0) is 22.5. The SMILES string of the molecule is Cc1noc(C)c1COc1cc2ccccc2cc1C(=O)NCC(C)CN1CCCCC1. The van der Waals surface area contributed by atoms with Gasteiger partial charge in [0.15, 0.2) is 0 Å². The van der Waals surface area contributed by atoms with Crippen LogP contribution in [-0.2, 0) is 6.61 Å². The fourth-order valence-corrected chi connectivity index (χ4v) is 4.38. The average molecular weight is 436 g/mol. The first kappa shape index (κ1) is 22.3. The third-order valence-corrected chi connectivity index (χ3v) is 6.28. The first-order valence-electron chi connectivity index (χ1n) is 11.6. The maximum Gasteiger partial charge on any atom is 0.255 e. The van der Waals surface area contributed by atoms with Gasteiger partial charge in [-0.2, -0.15) is 0 Å². The van der Waals surface area contributed by atoms with Gasteiger partial charge in [0.1, 0.15) is 18.1 Å². The lowest BCUT2D eigenvalue weighted by Gasteiger charge is -2.29. The number of fused-ring (bicyclic) bond motifs is 1. The monoisotopic (exact) mass is 435 g/mol. The van der Waals surface area contributed by atoms with Crippen molar-refractivity contribution in [2.45, 2.75) is 46.6 Å². The molecule has 1 saturated heterocycles. The molecule has 0 spiro atoms. The topological polar surface area (TPSA) is 67.6 Å². The first-order chi connectivity index (χ1) is 15.5. The predicted molar refractivity (Wildman–Crippen MR) is 126 cm³/mol. The number of hydrogen-bond acceptors (Lipinski definition) is 5. The van der Waals surface area contributed by atoms with Crippen LogP contribution in [0, 0.1) is 19.8 Å². The highest BCUT2D eigenvalue weighted by Crippen LogP contribution is 2.28.